The number of carbonyl (C=O) groups excluding carboxylic acids is 1. The highest BCUT2D eigenvalue weighted by Crippen LogP contribution is 2.22. The zero-order chi connectivity index (χ0) is 13.1. The molecule has 1 aromatic carbocycles. The van der Waals surface area contributed by atoms with Crippen LogP contribution in [0.15, 0.2) is 24.3 Å². The van der Waals surface area contributed by atoms with Crippen LogP contribution in [-0.2, 0) is 11.3 Å². The van der Waals surface area contributed by atoms with Crippen LogP contribution < -0.4 is 4.74 Å². The standard InChI is InChI=1S/C13H17NO4/c1-18-11-4-2-9(3-5-11)7-14-10(8-15)6-12(16)13(14)17/h2-5,10,12,15-16H,6-8H2,1H3/t10-,12-/m1/s1. The SMILES string of the molecule is COc1ccc(CN2C(=O)[C@H](O)C[C@@H]2CO)cc1. The molecule has 0 aromatic heterocycles. The summed E-state index contributed by atoms with van der Waals surface area (Å²) in [6.07, 6.45) is -0.689. The zero-order valence-electron chi connectivity index (χ0n) is 10.2. The molecule has 1 aliphatic rings. The highest BCUT2D eigenvalue weighted by molar-refractivity contribution is 5.83. The molecule has 0 aliphatic carbocycles. The van der Waals surface area contributed by atoms with Gasteiger partial charge < -0.3 is 19.8 Å². The lowest BCUT2D eigenvalue weighted by Crippen LogP contribution is -2.35. The maximum Gasteiger partial charge on any atom is 0.252 e. The van der Waals surface area contributed by atoms with E-state index in [0.717, 1.165) is 11.3 Å². The van der Waals surface area contributed by atoms with E-state index in [9.17, 15) is 15.0 Å². The second-order valence-corrected chi connectivity index (χ2v) is 4.40. The van der Waals surface area contributed by atoms with Crippen molar-refractivity contribution in [2.75, 3.05) is 13.7 Å². The average Bonchev–Trinajstić information content (AvgIpc) is 2.67. The Morgan fingerprint density at radius 2 is 2.06 bits per heavy atom. The fraction of sp³-hybridized carbons (Fsp3) is 0.462. The van der Waals surface area contributed by atoms with Crippen LogP contribution in [0, 0.1) is 0 Å². The number of methoxy groups -OCH3 is 1. The van der Waals surface area contributed by atoms with Crippen molar-refractivity contribution in [3.63, 3.8) is 0 Å². The van der Waals surface area contributed by atoms with E-state index in [1.165, 1.54) is 4.90 Å². The molecule has 5 nitrogen and oxygen atoms in total. The summed E-state index contributed by atoms with van der Waals surface area (Å²) in [4.78, 5) is 13.3. The van der Waals surface area contributed by atoms with Gasteiger partial charge in [-0.05, 0) is 17.7 Å². The highest BCUT2D eigenvalue weighted by atomic mass is 16.5. The molecule has 1 saturated heterocycles. The Labute approximate surface area is 106 Å². The molecule has 1 aliphatic heterocycles. The summed E-state index contributed by atoms with van der Waals surface area (Å²) in [6.45, 7) is 0.268. The fourth-order valence-corrected chi connectivity index (χ4v) is 2.16. The first-order valence-electron chi connectivity index (χ1n) is 5.88. The molecule has 0 unspecified atom stereocenters. The highest BCUT2D eigenvalue weighted by Gasteiger charge is 2.37. The number of rotatable bonds is 4. The fourth-order valence-electron chi connectivity index (χ4n) is 2.16. The van der Waals surface area contributed by atoms with Crippen LogP contribution in [0.25, 0.3) is 0 Å². The Hall–Kier alpha value is -1.59. The summed E-state index contributed by atoms with van der Waals surface area (Å²) in [7, 11) is 1.59. The van der Waals surface area contributed by atoms with Crippen molar-refractivity contribution in [2.24, 2.45) is 0 Å². The van der Waals surface area contributed by atoms with Gasteiger partial charge in [0, 0.05) is 13.0 Å². The first-order valence-corrected chi connectivity index (χ1v) is 5.88. The number of aliphatic hydroxyl groups excluding tert-OH is 2. The van der Waals surface area contributed by atoms with E-state index in [4.69, 9.17) is 4.74 Å². The molecule has 1 fully saturated rings. The second-order valence-electron chi connectivity index (χ2n) is 4.40. The Balaban J connectivity index is 2.09. The van der Waals surface area contributed by atoms with Gasteiger partial charge in [-0.25, -0.2) is 0 Å². The quantitative estimate of drug-likeness (QED) is 0.799. The summed E-state index contributed by atoms with van der Waals surface area (Å²) in [5.41, 5.74) is 0.941. The summed E-state index contributed by atoms with van der Waals surface area (Å²) >= 11 is 0. The van der Waals surface area contributed by atoms with Crippen molar-refractivity contribution in [1.82, 2.24) is 4.90 Å². The minimum atomic E-state index is -0.986. The molecule has 1 heterocycles. The maximum atomic E-state index is 11.7. The minimum absolute atomic E-state index is 0.126. The smallest absolute Gasteiger partial charge is 0.252 e. The first kappa shape index (κ1) is 12.9. The second kappa shape index (κ2) is 5.37. The van der Waals surface area contributed by atoms with E-state index in [0.29, 0.717) is 13.0 Å². The number of carbonyl (C=O) groups is 1. The van der Waals surface area contributed by atoms with Gasteiger partial charge in [-0.15, -0.1) is 0 Å². The number of ether oxygens (including phenoxy) is 1. The van der Waals surface area contributed by atoms with Crippen LogP contribution in [0.1, 0.15) is 12.0 Å². The van der Waals surface area contributed by atoms with Crippen LogP contribution in [0.3, 0.4) is 0 Å². The third-order valence-electron chi connectivity index (χ3n) is 3.23. The number of hydrogen-bond acceptors (Lipinski definition) is 4. The Bertz CT molecular complexity index is 418. The van der Waals surface area contributed by atoms with Gasteiger partial charge in [0.15, 0.2) is 0 Å². The molecule has 0 saturated carbocycles. The molecule has 2 rings (SSSR count). The lowest BCUT2D eigenvalue weighted by atomic mass is 10.2. The number of benzene rings is 1. The van der Waals surface area contributed by atoms with E-state index in [2.05, 4.69) is 0 Å². The topological polar surface area (TPSA) is 70.0 Å². The summed E-state index contributed by atoms with van der Waals surface area (Å²) in [6, 6.07) is 7.08. The van der Waals surface area contributed by atoms with Crippen LogP contribution in [0.5, 0.6) is 5.75 Å². The zero-order valence-corrected chi connectivity index (χ0v) is 10.2. The Morgan fingerprint density at radius 1 is 1.39 bits per heavy atom. The van der Waals surface area contributed by atoms with Gasteiger partial charge in [0.25, 0.3) is 5.91 Å². The molecule has 0 bridgehead atoms. The molecule has 5 heteroatoms. The summed E-state index contributed by atoms with van der Waals surface area (Å²) < 4.78 is 5.06. The Kier molecular flexibility index (Phi) is 3.84. The van der Waals surface area contributed by atoms with E-state index >= 15 is 0 Å². The van der Waals surface area contributed by atoms with Crippen molar-refractivity contribution in [2.45, 2.75) is 25.1 Å². The predicted octanol–water partition coefficient (Wildman–Crippen LogP) is 0.149. The van der Waals surface area contributed by atoms with Crippen molar-refractivity contribution in [3.8, 4) is 5.75 Å². The van der Waals surface area contributed by atoms with E-state index < -0.39 is 6.10 Å². The van der Waals surface area contributed by atoms with Crippen LogP contribution in [0.4, 0.5) is 0 Å². The molecule has 0 radical (unpaired) electrons. The van der Waals surface area contributed by atoms with Gasteiger partial charge in [-0.1, -0.05) is 12.1 Å². The van der Waals surface area contributed by atoms with Crippen molar-refractivity contribution < 1.29 is 19.7 Å². The van der Waals surface area contributed by atoms with Gasteiger partial charge in [-0.3, -0.25) is 4.79 Å². The average molecular weight is 251 g/mol. The first-order chi connectivity index (χ1) is 8.65. The molecule has 18 heavy (non-hydrogen) atoms. The van der Waals surface area contributed by atoms with Gasteiger partial charge in [0.1, 0.15) is 11.9 Å². The monoisotopic (exact) mass is 251 g/mol. The van der Waals surface area contributed by atoms with Crippen LogP contribution in [0.2, 0.25) is 0 Å². The van der Waals surface area contributed by atoms with Gasteiger partial charge >= 0.3 is 0 Å². The maximum absolute atomic E-state index is 11.7. The normalized spacial score (nSPS) is 23.5. The van der Waals surface area contributed by atoms with E-state index in [-0.39, 0.29) is 18.6 Å². The third kappa shape index (κ3) is 2.47. The number of hydrogen-bond donors (Lipinski definition) is 2. The van der Waals surface area contributed by atoms with Gasteiger partial charge in [0.2, 0.25) is 0 Å². The lowest BCUT2D eigenvalue weighted by Gasteiger charge is -2.22. The van der Waals surface area contributed by atoms with E-state index in [1.54, 1.807) is 7.11 Å². The molecular weight excluding hydrogens is 234 g/mol. The van der Waals surface area contributed by atoms with Gasteiger partial charge in [-0.2, -0.15) is 0 Å². The minimum Gasteiger partial charge on any atom is -0.497 e. The van der Waals surface area contributed by atoms with E-state index in [1.807, 2.05) is 24.3 Å². The molecule has 0 spiro atoms. The third-order valence-corrected chi connectivity index (χ3v) is 3.23. The van der Waals surface area contributed by atoms with Crippen molar-refractivity contribution >= 4 is 5.91 Å². The van der Waals surface area contributed by atoms with Crippen LogP contribution >= 0.6 is 0 Å². The number of aliphatic hydroxyl groups is 2. The largest absolute Gasteiger partial charge is 0.497 e. The molecule has 1 aromatic rings. The molecule has 98 valence electrons. The predicted molar refractivity (Wildman–Crippen MR) is 65.0 cm³/mol. The molecular formula is C13H17NO4. The molecule has 2 N–H and O–H groups in total. The number of nitrogens with zero attached hydrogens (tertiary/aromatic N) is 1. The molecule has 1 amide bonds. The summed E-state index contributed by atoms with van der Waals surface area (Å²) in [5, 5.41) is 18.7. The summed E-state index contributed by atoms with van der Waals surface area (Å²) in [5.74, 6) is 0.440. The van der Waals surface area contributed by atoms with Crippen LogP contribution in [-0.4, -0.2) is 46.9 Å². The van der Waals surface area contributed by atoms with Crippen molar-refractivity contribution in [3.05, 3.63) is 29.8 Å². The Morgan fingerprint density at radius 3 is 2.61 bits per heavy atom. The lowest BCUT2D eigenvalue weighted by molar-refractivity contribution is -0.136. The number of likely N-dealkylation sites (tertiary alicyclic amines) is 1. The molecule has 2 atom stereocenters. The van der Waals surface area contributed by atoms with Gasteiger partial charge in [0.05, 0.1) is 19.8 Å². The van der Waals surface area contributed by atoms with Crippen molar-refractivity contribution in [1.29, 1.82) is 0 Å². The number of amides is 1.